The number of nitrogens with one attached hydrogen (secondary N) is 1. The Kier molecular flexibility index (Phi) is 4.60. The van der Waals surface area contributed by atoms with Crippen molar-refractivity contribution in [1.82, 2.24) is 4.72 Å². The van der Waals surface area contributed by atoms with E-state index in [1.165, 1.54) is 0 Å². The first-order valence-electron chi connectivity index (χ1n) is 7.30. The van der Waals surface area contributed by atoms with Gasteiger partial charge in [0, 0.05) is 11.7 Å². The van der Waals surface area contributed by atoms with Crippen LogP contribution in [-0.4, -0.2) is 25.7 Å². The van der Waals surface area contributed by atoms with Crippen LogP contribution in [0.5, 0.6) is 0 Å². The Morgan fingerprint density at radius 3 is 2.43 bits per heavy atom. The number of hydrogen-bond donors (Lipinski definition) is 3. The SMILES string of the molecule is Cc1cc(N)c(C)c(S(=O)(=O)N[C@@H]2CCCC[C@H]2O)c1C. The second-order valence-electron chi connectivity index (χ2n) is 5.94. The van der Waals surface area contributed by atoms with Gasteiger partial charge in [-0.25, -0.2) is 13.1 Å². The van der Waals surface area contributed by atoms with Crippen LogP contribution < -0.4 is 10.5 Å². The molecule has 1 saturated carbocycles. The first kappa shape index (κ1) is 16.3. The van der Waals surface area contributed by atoms with Crippen molar-refractivity contribution in [3.8, 4) is 0 Å². The molecule has 0 spiro atoms. The molecule has 2 atom stereocenters. The Balaban J connectivity index is 2.40. The number of nitrogens with two attached hydrogens (primary N) is 1. The van der Waals surface area contributed by atoms with Crippen LogP contribution in [0.1, 0.15) is 42.4 Å². The van der Waals surface area contributed by atoms with Crippen molar-refractivity contribution in [2.24, 2.45) is 0 Å². The zero-order valence-electron chi connectivity index (χ0n) is 12.8. The molecule has 0 aliphatic heterocycles. The molecule has 0 amide bonds. The number of nitrogen functional groups attached to an aromatic ring is 1. The van der Waals surface area contributed by atoms with Crippen LogP contribution in [0.2, 0.25) is 0 Å². The van der Waals surface area contributed by atoms with Gasteiger partial charge in [-0.05, 0) is 56.4 Å². The zero-order chi connectivity index (χ0) is 15.8. The Bertz CT molecular complexity index is 615. The van der Waals surface area contributed by atoms with Crippen molar-refractivity contribution in [1.29, 1.82) is 0 Å². The van der Waals surface area contributed by atoms with Crippen LogP contribution in [0.25, 0.3) is 0 Å². The highest BCUT2D eigenvalue weighted by Gasteiger charge is 2.30. The molecule has 0 radical (unpaired) electrons. The van der Waals surface area contributed by atoms with Crippen LogP contribution in [0.3, 0.4) is 0 Å². The average molecular weight is 312 g/mol. The maximum atomic E-state index is 12.7. The van der Waals surface area contributed by atoms with Gasteiger partial charge in [-0.1, -0.05) is 12.8 Å². The summed E-state index contributed by atoms with van der Waals surface area (Å²) in [5.41, 5.74) is 8.50. The molecule has 0 heterocycles. The van der Waals surface area contributed by atoms with Crippen LogP contribution in [0.4, 0.5) is 5.69 Å². The van der Waals surface area contributed by atoms with Crippen LogP contribution in [0.15, 0.2) is 11.0 Å². The molecule has 0 aromatic heterocycles. The maximum absolute atomic E-state index is 12.7. The molecule has 1 aromatic rings. The molecule has 118 valence electrons. The van der Waals surface area contributed by atoms with E-state index in [1.54, 1.807) is 19.9 Å². The van der Waals surface area contributed by atoms with Gasteiger partial charge in [-0.15, -0.1) is 0 Å². The lowest BCUT2D eigenvalue weighted by molar-refractivity contribution is 0.101. The van der Waals surface area contributed by atoms with E-state index in [9.17, 15) is 13.5 Å². The fourth-order valence-corrected chi connectivity index (χ4v) is 4.83. The van der Waals surface area contributed by atoms with Crippen LogP contribution in [-0.2, 0) is 10.0 Å². The van der Waals surface area contributed by atoms with E-state index in [4.69, 9.17) is 5.73 Å². The molecule has 1 fully saturated rings. The largest absolute Gasteiger partial charge is 0.398 e. The first-order chi connectivity index (χ1) is 9.74. The van der Waals surface area contributed by atoms with E-state index in [-0.39, 0.29) is 4.90 Å². The van der Waals surface area contributed by atoms with Gasteiger partial charge in [0.15, 0.2) is 0 Å². The van der Waals surface area contributed by atoms with E-state index < -0.39 is 22.2 Å². The lowest BCUT2D eigenvalue weighted by Crippen LogP contribution is -2.45. The predicted octanol–water partition coefficient (Wildman–Crippen LogP) is 1.78. The number of aryl methyl sites for hydroxylation is 1. The third-order valence-corrected chi connectivity index (χ3v) is 6.15. The van der Waals surface area contributed by atoms with E-state index in [1.807, 2.05) is 6.92 Å². The monoisotopic (exact) mass is 312 g/mol. The van der Waals surface area contributed by atoms with Gasteiger partial charge < -0.3 is 10.8 Å². The minimum atomic E-state index is -3.69. The van der Waals surface area contributed by atoms with Gasteiger partial charge in [0.2, 0.25) is 10.0 Å². The summed E-state index contributed by atoms with van der Waals surface area (Å²) in [5.74, 6) is 0. The van der Waals surface area contributed by atoms with Gasteiger partial charge in [0.1, 0.15) is 0 Å². The lowest BCUT2D eigenvalue weighted by Gasteiger charge is -2.28. The number of sulfonamides is 1. The number of anilines is 1. The highest BCUT2D eigenvalue weighted by Crippen LogP contribution is 2.29. The number of hydrogen-bond acceptors (Lipinski definition) is 4. The van der Waals surface area contributed by atoms with Gasteiger partial charge in [-0.2, -0.15) is 0 Å². The molecule has 21 heavy (non-hydrogen) atoms. The molecule has 2 rings (SSSR count). The molecule has 1 aliphatic carbocycles. The first-order valence-corrected chi connectivity index (χ1v) is 8.79. The highest BCUT2D eigenvalue weighted by molar-refractivity contribution is 7.89. The minimum absolute atomic E-state index is 0.248. The van der Waals surface area contributed by atoms with Crippen molar-refractivity contribution < 1.29 is 13.5 Å². The second kappa shape index (κ2) is 5.94. The molecular weight excluding hydrogens is 288 g/mol. The third kappa shape index (κ3) is 3.22. The Hall–Kier alpha value is -1.11. The molecule has 6 heteroatoms. The summed E-state index contributed by atoms with van der Waals surface area (Å²) in [6, 6.07) is 1.38. The van der Waals surface area contributed by atoms with Crippen molar-refractivity contribution in [2.75, 3.05) is 5.73 Å². The lowest BCUT2D eigenvalue weighted by atomic mass is 9.93. The zero-order valence-corrected chi connectivity index (χ0v) is 13.6. The second-order valence-corrected chi connectivity index (χ2v) is 7.59. The molecule has 4 N–H and O–H groups in total. The van der Waals surface area contributed by atoms with Crippen molar-refractivity contribution >= 4 is 15.7 Å². The minimum Gasteiger partial charge on any atom is -0.398 e. The third-order valence-electron chi connectivity index (χ3n) is 4.38. The van der Waals surface area contributed by atoms with Crippen molar-refractivity contribution in [3.05, 3.63) is 22.8 Å². The van der Waals surface area contributed by atoms with E-state index in [2.05, 4.69) is 4.72 Å². The smallest absolute Gasteiger partial charge is 0.241 e. The Morgan fingerprint density at radius 2 is 1.81 bits per heavy atom. The van der Waals surface area contributed by atoms with Gasteiger partial charge in [0.05, 0.1) is 11.0 Å². The molecule has 1 aromatic carbocycles. The van der Waals surface area contributed by atoms with Crippen LogP contribution in [0, 0.1) is 20.8 Å². The summed E-state index contributed by atoms with van der Waals surface area (Å²) in [6.07, 6.45) is 2.56. The molecule has 1 aliphatic rings. The number of aliphatic hydroxyl groups excluding tert-OH is 1. The Labute approximate surface area is 126 Å². The topological polar surface area (TPSA) is 92.4 Å². The van der Waals surface area contributed by atoms with Gasteiger partial charge >= 0.3 is 0 Å². The average Bonchev–Trinajstić information content (AvgIpc) is 2.39. The van der Waals surface area contributed by atoms with Gasteiger partial charge in [0.25, 0.3) is 0 Å². The molecule has 0 unspecified atom stereocenters. The van der Waals surface area contributed by atoms with E-state index in [0.29, 0.717) is 29.7 Å². The quantitative estimate of drug-likeness (QED) is 0.742. The number of benzene rings is 1. The van der Waals surface area contributed by atoms with E-state index in [0.717, 1.165) is 18.4 Å². The summed E-state index contributed by atoms with van der Waals surface area (Å²) in [4.78, 5) is 0.248. The maximum Gasteiger partial charge on any atom is 0.241 e. The summed E-state index contributed by atoms with van der Waals surface area (Å²) in [7, 11) is -3.69. The fraction of sp³-hybridized carbons (Fsp3) is 0.600. The molecular formula is C15H24N2O3S. The van der Waals surface area contributed by atoms with Crippen LogP contribution >= 0.6 is 0 Å². The predicted molar refractivity (Wildman–Crippen MR) is 83.6 cm³/mol. The number of aliphatic hydroxyl groups is 1. The summed E-state index contributed by atoms with van der Waals surface area (Å²) < 4.78 is 28.1. The summed E-state index contributed by atoms with van der Waals surface area (Å²) in [5, 5.41) is 9.98. The Morgan fingerprint density at radius 1 is 1.19 bits per heavy atom. The normalized spacial score (nSPS) is 23.2. The molecule has 0 bridgehead atoms. The molecule has 5 nitrogen and oxygen atoms in total. The van der Waals surface area contributed by atoms with Gasteiger partial charge in [-0.3, -0.25) is 0 Å². The summed E-state index contributed by atoms with van der Waals surface area (Å²) in [6.45, 7) is 5.35. The standard InChI is InChI=1S/C15H24N2O3S/c1-9-8-12(16)11(3)15(10(9)2)21(19,20)17-13-6-4-5-7-14(13)18/h8,13-14,17-18H,4-7,16H2,1-3H3/t13-,14-/m1/s1. The summed E-state index contributed by atoms with van der Waals surface area (Å²) >= 11 is 0. The fourth-order valence-electron chi connectivity index (χ4n) is 2.95. The van der Waals surface area contributed by atoms with E-state index >= 15 is 0 Å². The van der Waals surface area contributed by atoms with Crippen molar-refractivity contribution in [3.63, 3.8) is 0 Å². The highest BCUT2D eigenvalue weighted by atomic mass is 32.2. The van der Waals surface area contributed by atoms with Crippen molar-refractivity contribution in [2.45, 2.75) is 63.5 Å². The number of rotatable bonds is 3. The molecule has 0 saturated heterocycles.